The van der Waals surface area contributed by atoms with Crippen molar-refractivity contribution in [3.05, 3.63) is 0 Å². The van der Waals surface area contributed by atoms with Gasteiger partial charge in [0, 0.05) is 0 Å². The second-order valence-corrected chi connectivity index (χ2v) is 5.09. The van der Waals surface area contributed by atoms with Crippen LogP contribution in [-0.2, 0) is 9.53 Å². The Hall–Kier alpha value is -0.570. The summed E-state index contributed by atoms with van der Waals surface area (Å²) in [4.78, 5) is 11.6. The summed E-state index contributed by atoms with van der Waals surface area (Å²) >= 11 is 0. The van der Waals surface area contributed by atoms with Crippen LogP contribution in [0, 0.1) is 11.8 Å². The highest BCUT2D eigenvalue weighted by Crippen LogP contribution is 2.25. The fourth-order valence-electron chi connectivity index (χ4n) is 1.86. The molecule has 0 heterocycles. The van der Waals surface area contributed by atoms with Crippen LogP contribution < -0.4 is 5.73 Å². The average molecular weight is 213 g/mol. The monoisotopic (exact) mass is 213 g/mol. The first kappa shape index (κ1) is 12.5. The van der Waals surface area contributed by atoms with Gasteiger partial charge in [-0.2, -0.15) is 0 Å². The predicted octanol–water partition coefficient (Wildman–Crippen LogP) is 2.09. The summed E-state index contributed by atoms with van der Waals surface area (Å²) in [6, 6.07) is -0.468. The van der Waals surface area contributed by atoms with Gasteiger partial charge in [0.1, 0.15) is 12.1 Å². The molecule has 2 N–H and O–H groups in total. The lowest BCUT2D eigenvalue weighted by Gasteiger charge is -2.27. The molecule has 0 aromatic heterocycles. The third-order valence-electron chi connectivity index (χ3n) is 3.24. The fraction of sp³-hybridized carbons (Fsp3) is 0.917. The zero-order valence-corrected chi connectivity index (χ0v) is 10.0. The standard InChI is InChI=1S/C12H23NO2/c1-8(2)11(13)12(14)15-10-6-4-9(3)5-7-10/h8-11H,4-7,13H2,1-3H3/t9?,10?,11-/m0/s1. The highest BCUT2D eigenvalue weighted by atomic mass is 16.5. The Balaban J connectivity index is 2.32. The Labute approximate surface area is 92.4 Å². The number of rotatable bonds is 3. The Bertz CT molecular complexity index is 208. The van der Waals surface area contributed by atoms with Crippen molar-refractivity contribution in [3.63, 3.8) is 0 Å². The van der Waals surface area contributed by atoms with E-state index in [1.165, 1.54) is 0 Å². The van der Waals surface area contributed by atoms with Crippen molar-refractivity contribution in [2.75, 3.05) is 0 Å². The molecule has 1 saturated carbocycles. The van der Waals surface area contributed by atoms with Gasteiger partial charge in [0.05, 0.1) is 0 Å². The lowest BCUT2D eigenvalue weighted by atomic mass is 9.89. The first-order valence-electron chi connectivity index (χ1n) is 5.96. The minimum Gasteiger partial charge on any atom is -0.461 e. The van der Waals surface area contributed by atoms with Gasteiger partial charge in [-0.05, 0) is 37.5 Å². The Morgan fingerprint density at radius 2 is 1.80 bits per heavy atom. The first-order chi connectivity index (χ1) is 7.00. The minimum absolute atomic E-state index is 0.110. The van der Waals surface area contributed by atoms with E-state index in [1.54, 1.807) is 0 Å². The molecule has 3 nitrogen and oxygen atoms in total. The molecule has 1 atom stereocenters. The van der Waals surface area contributed by atoms with Crippen molar-refractivity contribution in [2.45, 2.75) is 58.6 Å². The van der Waals surface area contributed by atoms with E-state index in [2.05, 4.69) is 6.92 Å². The maximum Gasteiger partial charge on any atom is 0.323 e. The third kappa shape index (κ3) is 3.82. The Kier molecular flexibility index (Phi) is 4.58. The van der Waals surface area contributed by atoms with E-state index in [1.807, 2.05) is 13.8 Å². The van der Waals surface area contributed by atoms with Crippen LogP contribution in [-0.4, -0.2) is 18.1 Å². The van der Waals surface area contributed by atoms with Crippen LogP contribution in [0.3, 0.4) is 0 Å². The summed E-state index contributed by atoms with van der Waals surface area (Å²) < 4.78 is 5.40. The van der Waals surface area contributed by atoms with Crippen LogP contribution in [0.15, 0.2) is 0 Å². The Morgan fingerprint density at radius 1 is 1.27 bits per heavy atom. The molecule has 0 bridgehead atoms. The number of esters is 1. The molecular formula is C12H23NO2. The quantitative estimate of drug-likeness (QED) is 0.730. The molecule has 0 aromatic rings. The summed E-state index contributed by atoms with van der Waals surface area (Å²) in [5.74, 6) is 0.697. The topological polar surface area (TPSA) is 52.3 Å². The molecule has 0 aliphatic heterocycles. The molecular weight excluding hydrogens is 190 g/mol. The molecule has 0 aromatic carbocycles. The summed E-state index contributed by atoms with van der Waals surface area (Å²) in [5.41, 5.74) is 5.73. The van der Waals surface area contributed by atoms with E-state index in [-0.39, 0.29) is 18.0 Å². The molecule has 3 heteroatoms. The van der Waals surface area contributed by atoms with Crippen molar-refractivity contribution in [1.29, 1.82) is 0 Å². The van der Waals surface area contributed by atoms with Crippen LogP contribution in [0.4, 0.5) is 0 Å². The minimum atomic E-state index is -0.468. The van der Waals surface area contributed by atoms with Crippen LogP contribution >= 0.6 is 0 Å². The van der Waals surface area contributed by atoms with Gasteiger partial charge in [0.2, 0.25) is 0 Å². The predicted molar refractivity (Wildman–Crippen MR) is 60.3 cm³/mol. The Morgan fingerprint density at radius 3 is 2.27 bits per heavy atom. The lowest BCUT2D eigenvalue weighted by molar-refractivity contribution is -0.153. The van der Waals surface area contributed by atoms with E-state index in [0.29, 0.717) is 0 Å². The number of hydrogen-bond acceptors (Lipinski definition) is 3. The molecule has 1 rings (SSSR count). The summed E-state index contributed by atoms with van der Waals surface area (Å²) in [7, 11) is 0. The molecule has 0 amide bonds. The highest BCUT2D eigenvalue weighted by Gasteiger charge is 2.25. The van der Waals surface area contributed by atoms with Crippen molar-refractivity contribution < 1.29 is 9.53 Å². The number of ether oxygens (including phenoxy) is 1. The average Bonchev–Trinajstić information content (AvgIpc) is 2.20. The molecule has 88 valence electrons. The summed E-state index contributed by atoms with van der Waals surface area (Å²) in [5, 5.41) is 0. The van der Waals surface area contributed by atoms with Crippen LogP contribution in [0.25, 0.3) is 0 Å². The van der Waals surface area contributed by atoms with Crippen LogP contribution in [0.2, 0.25) is 0 Å². The van der Waals surface area contributed by atoms with Crippen molar-refractivity contribution >= 4 is 5.97 Å². The van der Waals surface area contributed by atoms with Gasteiger partial charge in [-0.15, -0.1) is 0 Å². The zero-order valence-electron chi connectivity index (χ0n) is 10.0. The SMILES string of the molecule is CC1CCC(OC(=O)[C@@H](N)C(C)C)CC1. The third-order valence-corrected chi connectivity index (χ3v) is 3.24. The molecule has 0 saturated heterocycles. The normalized spacial score (nSPS) is 28.9. The molecule has 1 aliphatic rings. The van der Waals surface area contributed by atoms with E-state index in [9.17, 15) is 4.79 Å². The molecule has 1 aliphatic carbocycles. The van der Waals surface area contributed by atoms with Gasteiger partial charge in [0.15, 0.2) is 0 Å². The molecule has 0 unspecified atom stereocenters. The molecule has 15 heavy (non-hydrogen) atoms. The number of hydrogen-bond donors (Lipinski definition) is 1. The van der Waals surface area contributed by atoms with E-state index < -0.39 is 6.04 Å². The first-order valence-corrected chi connectivity index (χ1v) is 5.96. The fourth-order valence-corrected chi connectivity index (χ4v) is 1.86. The summed E-state index contributed by atoms with van der Waals surface area (Å²) in [6.45, 7) is 6.13. The van der Waals surface area contributed by atoms with Crippen molar-refractivity contribution in [2.24, 2.45) is 17.6 Å². The van der Waals surface area contributed by atoms with Crippen LogP contribution in [0.5, 0.6) is 0 Å². The maximum absolute atomic E-state index is 11.6. The van der Waals surface area contributed by atoms with Gasteiger partial charge in [-0.3, -0.25) is 4.79 Å². The second-order valence-electron chi connectivity index (χ2n) is 5.09. The second kappa shape index (κ2) is 5.50. The molecule has 0 spiro atoms. The van der Waals surface area contributed by atoms with E-state index in [0.717, 1.165) is 31.6 Å². The van der Waals surface area contributed by atoms with Gasteiger partial charge in [-0.25, -0.2) is 0 Å². The highest BCUT2D eigenvalue weighted by molar-refractivity contribution is 5.75. The maximum atomic E-state index is 11.6. The molecule has 1 fully saturated rings. The van der Waals surface area contributed by atoms with Crippen LogP contribution in [0.1, 0.15) is 46.5 Å². The number of carbonyl (C=O) groups excluding carboxylic acids is 1. The van der Waals surface area contributed by atoms with Gasteiger partial charge in [-0.1, -0.05) is 20.8 Å². The molecule has 0 radical (unpaired) electrons. The van der Waals surface area contributed by atoms with Gasteiger partial charge in [0.25, 0.3) is 0 Å². The van der Waals surface area contributed by atoms with Gasteiger partial charge >= 0.3 is 5.97 Å². The number of nitrogens with two attached hydrogens (primary N) is 1. The zero-order chi connectivity index (χ0) is 11.4. The van der Waals surface area contributed by atoms with E-state index in [4.69, 9.17) is 10.5 Å². The largest absolute Gasteiger partial charge is 0.461 e. The number of carbonyl (C=O) groups is 1. The van der Waals surface area contributed by atoms with Crippen molar-refractivity contribution in [3.8, 4) is 0 Å². The van der Waals surface area contributed by atoms with E-state index >= 15 is 0 Å². The smallest absolute Gasteiger partial charge is 0.323 e. The van der Waals surface area contributed by atoms with Gasteiger partial charge < -0.3 is 10.5 Å². The summed E-state index contributed by atoms with van der Waals surface area (Å²) in [6.07, 6.45) is 4.43. The van der Waals surface area contributed by atoms with Crippen molar-refractivity contribution in [1.82, 2.24) is 0 Å². The lowest BCUT2D eigenvalue weighted by Crippen LogP contribution is -2.39.